The molecule has 27 heavy (non-hydrogen) atoms. The molecule has 0 atom stereocenters. The number of amides is 2. The zero-order valence-corrected chi connectivity index (χ0v) is 17.0. The minimum atomic E-state index is -3.57. The Balaban J connectivity index is 2.02. The fourth-order valence-corrected chi connectivity index (χ4v) is 4.13. The topological polar surface area (TPSA) is 97.0 Å². The number of carbonyl (C=O) groups is 1. The molecule has 8 nitrogen and oxygen atoms in total. The van der Waals surface area contributed by atoms with E-state index in [0.717, 1.165) is 31.9 Å². The minimum Gasteiger partial charge on any atom is -0.497 e. The summed E-state index contributed by atoms with van der Waals surface area (Å²) < 4.78 is 36.3. The van der Waals surface area contributed by atoms with Crippen molar-refractivity contribution >= 4 is 21.7 Å². The van der Waals surface area contributed by atoms with Crippen molar-refractivity contribution in [3.8, 4) is 11.5 Å². The van der Waals surface area contributed by atoms with E-state index in [1.54, 1.807) is 18.2 Å². The van der Waals surface area contributed by atoms with Crippen molar-refractivity contribution < 1.29 is 22.7 Å². The van der Waals surface area contributed by atoms with Crippen molar-refractivity contribution in [2.75, 3.05) is 37.9 Å². The van der Waals surface area contributed by atoms with E-state index in [-0.39, 0.29) is 25.2 Å². The summed E-state index contributed by atoms with van der Waals surface area (Å²) in [7, 11) is -0.593. The first-order valence-electron chi connectivity index (χ1n) is 9.09. The second-order valence-corrected chi connectivity index (χ2v) is 8.51. The van der Waals surface area contributed by atoms with Gasteiger partial charge in [-0.2, -0.15) is 0 Å². The van der Waals surface area contributed by atoms with Gasteiger partial charge in [-0.05, 0) is 25.0 Å². The van der Waals surface area contributed by atoms with Gasteiger partial charge in [0.05, 0.1) is 32.7 Å². The molecule has 1 saturated carbocycles. The van der Waals surface area contributed by atoms with E-state index < -0.39 is 10.0 Å². The number of sulfonamides is 1. The molecule has 1 aromatic rings. The van der Waals surface area contributed by atoms with Crippen molar-refractivity contribution in [1.82, 2.24) is 10.6 Å². The van der Waals surface area contributed by atoms with Crippen LogP contribution in [-0.4, -0.2) is 54.1 Å². The smallest absolute Gasteiger partial charge is 0.315 e. The number of anilines is 1. The molecule has 2 N–H and O–H groups in total. The van der Waals surface area contributed by atoms with Crippen LogP contribution in [0.25, 0.3) is 0 Å². The van der Waals surface area contributed by atoms with Gasteiger partial charge < -0.3 is 20.1 Å². The lowest BCUT2D eigenvalue weighted by Gasteiger charge is -2.26. The quantitative estimate of drug-likeness (QED) is 0.698. The first-order valence-corrected chi connectivity index (χ1v) is 10.9. The predicted molar refractivity (Wildman–Crippen MR) is 105 cm³/mol. The monoisotopic (exact) mass is 399 g/mol. The summed E-state index contributed by atoms with van der Waals surface area (Å²) in [6.45, 7) is 0.256. The lowest BCUT2D eigenvalue weighted by Crippen LogP contribution is -2.45. The van der Waals surface area contributed by atoms with E-state index in [0.29, 0.717) is 17.2 Å². The van der Waals surface area contributed by atoms with Crippen LogP contribution in [0.1, 0.15) is 32.1 Å². The van der Waals surface area contributed by atoms with Crippen LogP contribution < -0.4 is 24.4 Å². The highest BCUT2D eigenvalue weighted by Crippen LogP contribution is 2.33. The van der Waals surface area contributed by atoms with E-state index in [1.165, 1.54) is 24.9 Å². The molecule has 1 aromatic carbocycles. The van der Waals surface area contributed by atoms with Gasteiger partial charge in [-0.15, -0.1) is 0 Å². The van der Waals surface area contributed by atoms with Gasteiger partial charge in [0.15, 0.2) is 0 Å². The average Bonchev–Trinajstić information content (AvgIpc) is 2.64. The van der Waals surface area contributed by atoms with E-state index >= 15 is 0 Å². The second-order valence-electron chi connectivity index (χ2n) is 6.61. The van der Waals surface area contributed by atoms with Crippen molar-refractivity contribution in [1.29, 1.82) is 0 Å². The Morgan fingerprint density at radius 2 is 1.89 bits per heavy atom. The summed E-state index contributed by atoms with van der Waals surface area (Å²) in [5.41, 5.74) is 0.369. The van der Waals surface area contributed by atoms with E-state index in [2.05, 4.69) is 10.6 Å². The molecule has 0 heterocycles. The van der Waals surface area contributed by atoms with Crippen LogP contribution in [-0.2, 0) is 10.0 Å². The number of methoxy groups -OCH3 is 2. The molecule has 152 valence electrons. The van der Waals surface area contributed by atoms with Crippen LogP contribution in [0.15, 0.2) is 18.2 Å². The number of carbonyl (C=O) groups excluding carboxylic acids is 1. The predicted octanol–water partition coefficient (Wildman–Crippen LogP) is 2.10. The maximum atomic E-state index is 12.3. The van der Waals surface area contributed by atoms with Crippen molar-refractivity contribution in [3.05, 3.63) is 18.2 Å². The highest BCUT2D eigenvalue weighted by atomic mass is 32.2. The summed E-state index contributed by atoms with van der Waals surface area (Å²) in [6.07, 6.45) is 6.57. The maximum Gasteiger partial charge on any atom is 0.315 e. The molecule has 2 amide bonds. The zero-order chi connectivity index (χ0) is 19.9. The van der Waals surface area contributed by atoms with Gasteiger partial charge in [0.2, 0.25) is 10.0 Å². The molecule has 0 aliphatic heterocycles. The summed E-state index contributed by atoms with van der Waals surface area (Å²) >= 11 is 0. The largest absolute Gasteiger partial charge is 0.497 e. The molecule has 0 unspecified atom stereocenters. The van der Waals surface area contributed by atoms with Crippen LogP contribution in [0, 0.1) is 0 Å². The SMILES string of the molecule is COc1ccc(OC)c(N(CCNC(=O)NC2CCCCC2)S(C)(=O)=O)c1. The Morgan fingerprint density at radius 1 is 1.19 bits per heavy atom. The lowest BCUT2D eigenvalue weighted by atomic mass is 9.96. The maximum absolute atomic E-state index is 12.3. The molecule has 1 fully saturated rings. The Kier molecular flexibility index (Phi) is 7.58. The molecule has 0 spiro atoms. The molecule has 2 rings (SSSR count). The molecular formula is C18H29N3O5S. The highest BCUT2D eigenvalue weighted by molar-refractivity contribution is 7.92. The summed E-state index contributed by atoms with van der Waals surface area (Å²) in [6, 6.07) is 4.87. The van der Waals surface area contributed by atoms with Crippen molar-refractivity contribution in [2.24, 2.45) is 0 Å². The van der Waals surface area contributed by atoms with Crippen molar-refractivity contribution in [2.45, 2.75) is 38.1 Å². The molecule has 1 aliphatic rings. The average molecular weight is 400 g/mol. The third-order valence-corrected chi connectivity index (χ3v) is 5.78. The Hall–Kier alpha value is -2.16. The number of urea groups is 1. The van der Waals surface area contributed by atoms with Crippen LogP contribution in [0.4, 0.5) is 10.5 Å². The summed E-state index contributed by atoms with van der Waals surface area (Å²) in [5, 5.41) is 5.69. The number of ether oxygens (including phenoxy) is 2. The Labute approximate surface area is 161 Å². The van der Waals surface area contributed by atoms with Crippen LogP contribution >= 0.6 is 0 Å². The van der Waals surface area contributed by atoms with Gasteiger partial charge in [0.1, 0.15) is 11.5 Å². The van der Waals surface area contributed by atoms with Gasteiger partial charge in [-0.25, -0.2) is 13.2 Å². The van der Waals surface area contributed by atoms with Crippen LogP contribution in [0.2, 0.25) is 0 Å². The Morgan fingerprint density at radius 3 is 2.48 bits per heavy atom. The highest BCUT2D eigenvalue weighted by Gasteiger charge is 2.22. The molecule has 1 aliphatic carbocycles. The summed E-state index contributed by atoms with van der Waals surface area (Å²) in [5.74, 6) is 0.926. The van der Waals surface area contributed by atoms with Gasteiger partial charge in [-0.1, -0.05) is 19.3 Å². The molecule has 0 bridgehead atoms. The summed E-state index contributed by atoms with van der Waals surface area (Å²) in [4.78, 5) is 12.1. The fourth-order valence-electron chi connectivity index (χ4n) is 3.21. The van der Waals surface area contributed by atoms with E-state index in [4.69, 9.17) is 9.47 Å². The van der Waals surface area contributed by atoms with Crippen LogP contribution in [0.5, 0.6) is 11.5 Å². The minimum absolute atomic E-state index is 0.0838. The fraction of sp³-hybridized carbons (Fsp3) is 0.611. The zero-order valence-electron chi connectivity index (χ0n) is 16.2. The number of rotatable bonds is 8. The molecule has 9 heteroatoms. The molecule has 0 saturated heterocycles. The van der Waals surface area contributed by atoms with Crippen molar-refractivity contribution in [3.63, 3.8) is 0 Å². The normalized spacial score (nSPS) is 15.1. The van der Waals surface area contributed by atoms with E-state index in [1.807, 2.05) is 0 Å². The third kappa shape index (κ3) is 6.20. The first-order chi connectivity index (χ1) is 12.8. The van der Waals surface area contributed by atoms with Crippen LogP contribution in [0.3, 0.4) is 0 Å². The molecular weight excluding hydrogens is 370 g/mol. The molecule has 0 radical (unpaired) electrons. The Bertz CT molecular complexity index is 733. The van der Waals surface area contributed by atoms with E-state index in [9.17, 15) is 13.2 Å². The third-order valence-electron chi connectivity index (χ3n) is 4.60. The van der Waals surface area contributed by atoms with Gasteiger partial charge in [-0.3, -0.25) is 4.31 Å². The number of nitrogens with one attached hydrogen (secondary N) is 2. The second kappa shape index (κ2) is 9.68. The lowest BCUT2D eigenvalue weighted by molar-refractivity contribution is 0.233. The number of hydrogen-bond donors (Lipinski definition) is 2. The molecule has 0 aromatic heterocycles. The number of nitrogens with zero attached hydrogens (tertiary/aromatic N) is 1. The number of benzene rings is 1. The number of hydrogen-bond acceptors (Lipinski definition) is 5. The standard InChI is InChI=1S/C18H29N3O5S/c1-25-15-9-10-17(26-2)16(13-15)21(27(3,23)24)12-11-19-18(22)20-14-7-5-4-6-8-14/h9-10,13-14H,4-8,11-12H2,1-3H3,(H2,19,20,22). The van der Waals surface area contributed by atoms with Gasteiger partial charge in [0, 0.05) is 18.7 Å². The first kappa shape index (κ1) is 21.1. The van der Waals surface area contributed by atoms with Gasteiger partial charge in [0.25, 0.3) is 0 Å². The van der Waals surface area contributed by atoms with Gasteiger partial charge >= 0.3 is 6.03 Å².